The molecule has 0 spiro atoms. The molecule has 1 atom stereocenters. The molecule has 0 saturated heterocycles. The van der Waals surface area contributed by atoms with Crippen LogP contribution in [0.2, 0.25) is 0 Å². The van der Waals surface area contributed by atoms with Gasteiger partial charge in [0.15, 0.2) is 5.75 Å². The first-order valence-electron chi connectivity index (χ1n) is 7.01. The van der Waals surface area contributed by atoms with Gasteiger partial charge in [-0.05, 0) is 36.6 Å². The molecule has 0 amide bonds. The second-order valence-electron chi connectivity index (χ2n) is 5.31. The standard InChI is InChI=1S/C17H20N2O/c1-11-5-3-6-12(2)16(11)14-7-4-8-15-17(14)20-13(9-18)10-19-15/h3-8,13,19H,9-10,18H2,1-2H3/t13-/m1/s1. The topological polar surface area (TPSA) is 47.3 Å². The van der Waals surface area contributed by atoms with E-state index in [0.717, 1.165) is 23.5 Å². The van der Waals surface area contributed by atoms with Gasteiger partial charge in [-0.25, -0.2) is 0 Å². The Hall–Kier alpha value is -2.00. The Morgan fingerprint density at radius 1 is 1.15 bits per heavy atom. The van der Waals surface area contributed by atoms with Crippen molar-refractivity contribution in [1.82, 2.24) is 0 Å². The van der Waals surface area contributed by atoms with Crippen LogP contribution in [0.25, 0.3) is 11.1 Å². The predicted octanol–water partition coefficient (Wildman–Crippen LogP) is 3.10. The Kier molecular flexibility index (Phi) is 3.36. The van der Waals surface area contributed by atoms with Crippen molar-refractivity contribution in [3.8, 4) is 16.9 Å². The summed E-state index contributed by atoms with van der Waals surface area (Å²) < 4.78 is 6.09. The fourth-order valence-electron chi connectivity index (χ4n) is 2.80. The van der Waals surface area contributed by atoms with Gasteiger partial charge in [-0.15, -0.1) is 0 Å². The molecule has 2 aromatic rings. The second kappa shape index (κ2) is 5.17. The highest BCUT2D eigenvalue weighted by Crippen LogP contribution is 2.41. The summed E-state index contributed by atoms with van der Waals surface area (Å²) >= 11 is 0. The summed E-state index contributed by atoms with van der Waals surface area (Å²) in [5, 5.41) is 3.41. The fourth-order valence-corrected chi connectivity index (χ4v) is 2.80. The Balaban J connectivity index is 2.16. The van der Waals surface area contributed by atoms with Gasteiger partial charge in [-0.1, -0.05) is 30.3 Å². The van der Waals surface area contributed by atoms with E-state index in [4.69, 9.17) is 10.5 Å². The van der Waals surface area contributed by atoms with Crippen LogP contribution in [0.15, 0.2) is 36.4 Å². The van der Waals surface area contributed by atoms with E-state index in [1.54, 1.807) is 0 Å². The zero-order valence-corrected chi connectivity index (χ0v) is 11.9. The van der Waals surface area contributed by atoms with Crippen molar-refractivity contribution in [2.45, 2.75) is 20.0 Å². The molecule has 0 bridgehead atoms. The van der Waals surface area contributed by atoms with Gasteiger partial charge < -0.3 is 15.8 Å². The zero-order valence-electron chi connectivity index (χ0n) is 11.9. The van der Waals surface area contributed by atoms with Gasteiger partial charge in [0.05, 0.1) is 12.2 Å². The predicted molar refractivity (Wildman–Crippen MR) is 83.3 cm³/mol. The van der Waals surface area contributed by atoms with Crippen molar-refractivity contribution in [2.24, 2.45) is 5.73 Å². The molecule has 0 radical (unpaired) electrons. The lowest BCUT2D eigenvalue weighted by molar-refractivity contribution is 0.215. The average Bonchev–Trinajstić information content (AvgIpc) is 2.47. The van der Waals surface area contributed by atoms with Crippen LogP contribution in [-0.2, 0) is 0 Å². The highest BCUT2D eigenvalue weighted by molar-refractivity contribution is 5.82. The molecule has 1 aliphatic heterocycles. The van der Waals surface area contributed by atoms with Crippen molar-refractivity contribution < 1.29 is 4.74 Å². The van der Waals surface area contributed by atoms with Gasteiger partial charge in [0, 0.05) is 12.1 Å². The van der Waals surface area contributed by atoms with Crippen LogP contribution in [0.3, 0.4) is 0 Å². The van der Waals surface area contributed by atoms with E-state index in [1.165, 1.54) is 16.7 Å². The molecule has 3 rings (SSSR count). The molecular weight excluding hydrogens is 248 g/mol. The third kappa shape index (κ3) is 2.14. The molecule has 3 N–H and O–H groups in total. The Bertz CT molecular complexity index is 617. The number of nitrogens with two attached hydrogens (primary N) is 1. The summed E-state index contributed by atoms with van der Waals surface area (Å²) in [5.74, 6) is 0.923. The summed E-state index contributed by atoms with van der Waals surface area (Å²) in [6, 6.07) is 12.6. The number of rotatable bonds is 2. The SMILES string of the molecule is Cc1cccc(C)c1-c1cccc2c1O[C@H](CN)CN2. The van der Waals surface area contributed by atoms with Crippen LogP contribution in [-0.4, -0.2) is 19.2 Å². The zero-order chi connectivity index (χ0) is 14.1. The molecule has 3 heteroatoms. The van der Waals surface area contributed by atoms with Gasteiger partial charge in [-0.3, -0.25) is 0 Å². The number of nitrogens with one attached hydrogen (secondary N) is 1. The van der Waals surface area contributed by atoms with Crippen molar-refractivity contribution in [3.63, 3.8) is 0 Å². The quantitative estimate of drug-likeness (QED) is 0.880. The van der Waals surface area contributed by atoms with E-state index in [9.17, 15) is 0 Å². The number of aryl methyl sites for hydroxylation is 2. The normalized spacial score (nSPS) is 17.1. The van der Waals surface area contributed by atoms with Crippen molar-refractivity contribution in [2.75, 3.05) is 18.4 Å². The molecule has 104 valence electrons. The van der Waals surface area contributed by atoms with E-state index in [-0.39, 0.29) is 6.10 Å². The number of hydrogen-bond acceptors (Lipinski definition) is 3. The van der Waals surface area contributed by atoms with Crippen LogP contribution < -0.4 is 15.8 Å². The molecule has 1 heterocycles. The molecule has 20 heavy (non-hydrogen) atoms. The van der Waals surface area contributed by atoms with Crippen molar-refractivity contribution >= 4 is 5.69 Å². The largest absolute Gasteiger partial charge is 0.484 e. The first-order valence-corrected chi connectivity index (χ1v) is 7.01. The Morgan fingerprint density at radius 3 is 2.55 bits per heavy atom. The fraction of sp³-hybridized carbons (Fsp3) is 0.294. The molecule has 0 aromatic heterocycles. The number of anilines is 1. The molecule has 3 nitrogen and oxygen atoms in total. The first kappa shape index (κ1) is 13.0. The molecular formula is C17H20N2O. The number of ether oxygens (including phenoxy) is 1. The average molecular weight is 268 g/mol. The molecule has 0 fully saturated rings. The first-order chi connectivity index (χ1) is 9.70. The van der Waals surface area contributed by atoms with Crippen molar-refractivity contribution in [3.05, 3.63) is 47.5 Å². The van der Waals surface area contributed by atoms with Crippen LogP contribution in [0, 0.1) is 13.8 Å². The summed E-state index contributed by atoms with van der Waals surface area (Å²) in [6.07, 6.45) is 0.0352. The number of benzene rings is 2. The van der Waals surface area contributed by atoms with Gasteiger partial charge >= 0.3 is 0 Å². The Morgan fingerprint density at radius 2 is 1.85 bits per heavy atom. The summed E-state index contributed by atoms with van der Waals surface area (Å²) in [5.41, 5.74) is 11.7. The number of fused-ring (bicyclic) bond motifs is 1. The summed E-state index contributed by atoms with van der Waals surface area (Å²) in [6.45, 7) is 5.56. The monoisotopic (exact) mass is 268 g/mol. The number of para-hydroxylation sites is 1. The van der Waals surface area contributed by atoms with E-state index in [0.29, 0.717) is 6.54 Å². The van der Waals surface area contributed by atoms with Crippen LogP contribution in [0.1, 0.15) is 11.1 Å². The lowest BCUT2D eigenvalue weighted by Crippen LogP contribution is -2.37. The third-order valence-electron chi connectivity index (χ3n) is 3.83. The van der Waals surface area contributed by atoms with Gasteiger partial charge in [0.25, 0.3) is 0 Å². The highest BCUT2D eigenvalue weighted by Gasteiger charge is 2.22. The smallest absolute Gasteiger partial charge is 0.150 e. The van der Waals surface area contributed by atoms with Gasteiger partial charge in [-0.2, -0.15) is 0 Å². The maximum absolute atomic E-state index is 6.09. The lowest BCUT2D eigenvalue weighted by Gasteiger charge is -2.29. The van der Waals surface area contributed by atoms with Crippen LogP contribution in [0.4, 0.5) is 5.69 Å². The van der Waals surface area contributed by atoms with Gasteiger partial charge in [0.2, 0.25) is 0 Å². The van der Waals surface area contributed by atoms with E-state index in [2.05, 4.69) is 55.6 Å². The minimum atomic E-state index is 0.0352. The maximum Gasteiger partial charge on any atom is 0.150 e. The van der Waals surface area contributed by atoms with Crippen molar-refractivity contribution in [1.29, 1.82) is 0 Å². The van der Waals surface area contributed by atoms with Crippen LogP contribution in [0.5, 0.6) is 5.75 Å². The highest BCUT2D eigenvalue weighted by atomic mass is 16.5. The minimum Gasteiger partial charge on any atom is -0.484 e. The second-order valence-corrected chi connectivity index (χ2v) is 5.31. The molecule has 0 unspecified atom stereocenters. The third-order valence-corrected chi connectivity index (χ3v) is 3.83. The van der Waals surface area contributed by atoms with E-state index in [1.807, 2.05) is 0 Å². The summed E-state index contributed by atoms with van der Waals surface area (Å²) in [7, 11) is 0. The molecule has 1 aliphatic rings. The minimum absolute atomic E-state index is 0.0352. The molecule has 0 aliphatic carbocycles. The summed E-state index contributed by atoms with van der Waals surface area (Å²) in [4.78, 5) is 0. The van der Waals surface area contributed by atoms with Gasteiger partial charge in [0.1, 0.15) is 6.10 Å². The van der Waals surface area contributed by atoms with E-state index >= 15 is 0 Å². The molecule has 0 saturated carbocycles. The van der Waals surface area contributed by atoms with Crippen LogP contribution >= 0.6 is 0 Å². The molecule has 2 aromatic carbocycles. The number of hydrogen-bond donors (Lipinski definition) is 2. The maximum atomic E-state index is 6.09. The lowest BCUT2D eigenvalue weighted by atomic mass is 9.94. The Labute approximate surface area is 119 Å². The van der Waals surface area contributed by atoms with E-state index < -0.39 is 0 Å².